The number of methoxy groups -OCH3 is 3. The van der Waals surface area contributed by atoms with Gasteiger partial charge in [-0.2, -0.15) is 0 Å². The highest BCUT2D eigenvalue weighted by molar-refractivity contribution is 5.82. The molecule has 9 heteroatoms. The number of nitrogens with zero attached hydrogens (tertiary/aromatic N) is 3. The van der Waals surface area contributed by atoms with Crippen molar-refractivity contribution < 1.29 is 23.9 Å². The quantitative estimate of drug-likeness (QED) is 0.433. The van der Waals surface area contributed by atoms with Crippen molar-refractivity contribution >= 4 is 22.9 Å². The lowest BCUT2D eigenvalue weighted by Crippen LogP contribution is -2.44. The van der Waals surface area contributed by atoms with Crippen molar-refractivity contribution in [2.45, 2.75) is 19.3 Å². The average Bonchev–Trinajstić information content (AvgIpc) is 2.92. The predicted molar refractivity (Wildman–Crippen MR) is 133 cm³/mol. The van der Waals surface area contributed by atoms with Crippen LogP contribution in [0.3, 0.4) is 0 Å². The minimum Gasteiger partial charge on any atom is -0.496 e. The van der Waals surface area contributed by atoms with E-state index in [0.29, 0.717) is 68.4 Å². The molecule has 0 atom stereocenters. The van der Waals surface area contributed by atoms with Crippen molar-refractivity contribution in [1.82, 2.24) is 4.90 Å². The van der Waals surface area contributed by atoms with Gasteiger partial charge in [-0.25, -0.2) is 0 Å². The Morgan fingerprint density at radius 3 is 2.20 bits per heavy atom. The van der Waals surface area contributed by atoms with E-state index in [4.69, 9.17) is 14.2 Å². The van der Waals surface area contributed by atoms with Gasteiger partial charge in [-0.3, -0.25) is 14.9 Å². The summed E-state index contributed by atoms with van der Waals surface area (Å²) in [5.74, 6) is 2.08. The summed E-state index contributed by atoms with van der Waals surface area (Å²) in [7, 11) is 4.84. The number of carbonyl (C=O) groups is 1. The van der Waals surface area contributed by atoms with E-state index in [1.807, 2.05) is 28.0 Å². The second-order valence-electron chi connectivity index (χ2n) is 8.68. The Labute approximate surface area is 205 Å². The molecule has 0 radical (unpaired) electrons. The van der Waals surface area contributed by atoms with Crippen molar-refractivity contribution in [1.29, 1.82) is 0 Å². The molecule has 0 N–H and O–H groups in total. The molecule has 1 saturated heterocycles. The predicted octanol–water partition coefficient (Wildman–Crippen LogP) is 4.15. The lowest BCUT2D eigenvalue weighted by Gasteiger charge is -2.36. The summed E-state index contributed by atoms with van der Waals surface area (Å²) in [6, 6.07) is 10.5. The first-order valence-corrected chi connectivity index (χ1v) is 11.7. The van der Waals surface area contributed by atoms with E-state index in [0.717, 1.165) is 11.1 Å². The number of rotatable bonds is 7. The van der Waals surface area contributed by atoms with E-state index in [1.54, 1.807) is 33.5 Å². The monoisotopic (exact) mass is 481 g/mol. The summed E-state index contributed by atoms with van der Waals surface area (Å²) in [5.41, 5.74) is 2.70. The highest BCUT2D eigenvalue weighted by Crippen LogP contribution is 2.41. The zero-order valence-electron chi connectivity index (χ0n) is 20.4. The molecule has 2 heterocycles. The summed E-state index contributed by atoms with van der Waals surface area (Å²) in [6.07, 6.45) is 4.12. The highest BCUT2D eigenvalue weighted by Gasteiger charge is 2.32. The van der Waals surface area contributed by atoms with Crippen LogP contribution >= 0.6 is 0 Å². The first-order chi connectivity index (χ1) is 17.0. The van der Waals surface area contributed by atoms with Crippen LogP contribution in [0.1, 0.15) is 24.8 Å². The van der Waals surface area contributed by atoms with E-state index in [-0.39, 0.29) is 22.4 Å². The topological polar surface area (TPSA) is 94.4 Å². The molecule has 186 valence electrons. The summed E-state index contributed by atoms with van der Waals surface area (Å²) in [6.45, 7) is 2.39. The van der Waals surface area contributed by atoms with Gasteiger partial charge in [0.25, 0.3) is 5.69 Å². The number of nitro benzene ring substituents is 1. The summed E-state index contributed by atoms with van der Waals surface area (Å²) < 4.78 is 16.5. The third-order valence-corrected chi connectivity index (χ3v) is 6.82. The standard InChI is InChI=1S/C26H31N3O6/c1-33-20-16-23(34-2)25(24(17-20)35-3)18-8-14-28(15-9-18)26(30)19-10-12-27(13-11-19)21-6-4-5-7-22(21)29(31)32/h4-8,16-17,19H,9-15H2,1-3H3. The number of amides is 1. The molecule has 0 aliphatic carbocycles. The maximum absolute atomic E-state index is 13.2. The zero-order valence-corrected chi connectivity index (χ0v) is 20.4. The zero-order chi connectivity index (χ0) is 24.9. The molecule has 2 aliphatic heterocycles. The van der Waals surface area contributed by atoms with Gasteiger partial charge < -0.3 is 24.0 Å². The van der Waals surface area contributed by atoms with E-state index in [2.05, 4.69) is 6.08 Å². The van der Waals surface area contributed by atoms with Gasteiger partial charge in [0, 0.05) is 50.3 Å². The maximum atomic E-state index is 13.2. The number of carbonyl (C=O) groups excluding carboxylic acids is 1. The van der Waals surface area contributed by atoms with E-state index >= 15 is 0 Å². The lowest BCUT2D eigenvalue weighted by atomic mass is 9.92. The molecule has 2 aromatic carbocycles. The number of benzene rings is 2. The molecule has 0 aromatic heterocycles. The molecule has 1 fully saturated rings. The minimum atomic E-state index is -0.350. The van der Waals surface area contributed by atoms with Gasteiger partial charge in [0.05, 0.1) is 31.8 Å². The summed E-state index contributed by atoms with van der Waals surface area (Å²) in [5, 5.41) is 11.4. The van der Waals surface area contributed by atoms with Crippen molar-refractivity contribution in [3.8, 4) is 17.2 Å². The molecule has 2 aromatic rings. The van der Waals surface area contributed by atoms with Crippen LogP contribution in [0, 0.1) is 16.0 Å². The fraction of sp³-hybridized carbons (Fsp3) is 0.423. The molecule has 0 spiro atoms. The molecule has 0 unspecified atom stereocenters. The maximum Gasteiger partial charge on any atom is 0.292 e. The number of piperidine rings is 1. The Kier molecular flexibility index (Phi) is 7.43. The molecule has 35 heavy (non-hydrogen) atoms. The Balaban J connectivity index is 1.42. The number of para-hydroxylation sites is 2. The van der Waals surface area contributed by atoms with Gasteiger partial charge in [-0.15, -0.1) is 0 Å². The van der Waals surface area contributed by atoms with Crippen LogP contribution in [0.15, 0.2) is 42.5 Å². The van der Waals surface area contributed by atoms with Crippen LogP contribution < -0.4 is 19.1 Å². The molecule has 2 aliphatic rings. The van der Waals surface area contributed by atoms with Gasteiger partial charge >= 0.3 is 0 Å². The number of ether oxygens (including phenoxy) is 3. The molecular weight excluding hydrogens is 450 g/mol. The van der Waals surface area contributed by atoms with Crippen LogP contribution in [0.25, 0.3) is 5.57 Å². The van der Waals surface area contributed by atoms with Gasteiger partial charge in [0.1, 0.15) is 22.9 Å². The van der Waals surface area contributed by atoms with Crippen LogP contribution in [0.4, 0.5) is 11.4 Å². The van der Waals surface area contributed by atoms with E-state index in [1.165, 1.54) is 6.07 Å². The second-order valence-corrected chi connectivity index (χ2v) is 8.68. The highest BCUT2D eigenvalue weighted by atomic mass is 16.6. The fourth-order valence-electron chi connectivity index (χ4n) is 4.93. The number of nitro groups is 1. The van der Waals surface area contributed by atoms with Gasteiger partial charge in [0.15, 0.2) is 0 Å². The molecule has 1 amide bonds. The first-order valence-electron chi connectivity index (χ1n) is 11.7. The normalized spacial score (nSPS) is 16.5. The van der Waals surface area contributed by atoms with Crippen molar-refractivity contribution in [3.05, 3.63) is 58.2 Å². The summed E-state index contributed by atoms with van der Waals surface area (Å²) in [4.78, 5) is 28.2. The Bertz CT molecular complexity index is 1100. The Morgan fingerprint density at radius 2 is 1.66 bits per heavy atom. The SMILES string of the molecule is COc1cc(OC)c(C2=CCN(C(=O)C3CCN(c4ccccc4[N+](=O)[O-])CC3)CC2)c(OC)c1. The van der Waals surface area contributed by atoms with Crippen molar-refractivity contribution in [2.24, 2.45) is 5.92 Å². The van der Waals surface area contributed by atoms with Crippen LogP contribution in [0.5, 0.6) is 17.2 Å². The van der Waals surface area contributed by atoms with Crippen molar-refractivity contribution in [2.75, 3.05) is 52.4 Å². The largest absolute Gasteiger partial charge is 0.496 e. The number of hydrogen-bond acceptors (Lipinski definition) is 7. The molecule has 9 nitrogen and oxygen atoms in total. The van der Waals surface area contributed by atoms with Crippen LogP contribution in [-0.4, -0.2) is 63.2 Å². The van der Waals surface area contributed by atoms with Gasteiger partial charge in [0.2, 0.25) is 5.91 Å². The third kappa shape index (κ3) is 5.03. The van der Waals surface area contributed by atoms with E-state index in [9.17, 15) is 14.9 Å². The number of anilines is 1. The first kappa shape index (κ1) is 24.4. The van der Waals surface area contributed by atoms with Crippen LogP contribution in [-0.2, 0) is 4.79 Å². The van der Waals surface area contributed by atoms with Crippen molar-refractivity contribution in [3.63, 3.8) is 0 Å². The van der Waals surface area contributed by atoms with Gasteiger partial charge in [-0.1, -0.05) is 18.2 Å². The summed E-state index contributed by atoms with van der Waals surface area (Å²) >= 11 is 0. The van der Waals surface area contributed by atoms with E-state index < -0.39 is 0 Å². The number of hydrogen-bond donors (Lipinski definition) is 0. The third-order valence-electron chi connectivity index (χ3n) is 6.82. The second kappa shape index (κ2) is 10.7. The molecule has 0 saturated carbocycles. The minimum absolute atomic E-state index is 0.0750. The Morgan fingerprint density at radius 1 is 1.00 bits per heavy atom. The lowest BCUT2D eigenvalue weighted by molar-refractivity contribution is -0.384. The Hall–Kier alpha value is -3.75. The molecular formula is C26H31N3O6. The molecule has 0 bridgehead atoms. The average molecular weight is 482 g/mol. The van der Waals surface area contributed by atoms with Crippen LogP contribution in [0.2, 0.25) is 0 Å². The fourth-order valence-corrected chi connectivity index (χ4v) is 4.93. The molecule has 4 rings (SSSR count). The smallest absolute Gasteiger partial charge is 0.292 e. The van der Waals surface area contributed by atoms with Gasteiger partial charge in [-0.05, 0) is 30.9 Å².